The maximum atomic E-state index is 4.51. The van der Waals surface area contributed by atoms with Crippen LogP contribution in [-0.2, 0) is 0 Å². The molecule has 0 aliphatic carbocycles. The average Bonchev–Trinajstić information content (AvgIpc) is 2.37. The van der Waals surface area contributed by atoms with Crippen molar-refractivity contribution in [3.8, 4) is 11.4 Å². The predicted molar refractivity (Wildman–Crippen MR) is 83.5 cm³/mol. The van der Waals surface area contributed by atoms with Gasteiger partial charge in [0.2, 0.25) is 0 Å². The molecule has 0 fully saturated rings. The molecule has 0 aliphatic rings. The summed E-state index contributed by atoms with van der Waals surface area (Å²) >= 11 is 3.62. The van der Waals surface area contributed by atoms with Crippen molar-refractivity contribution in [3.05, 3.63) is 40.0 Å². The van der Waals surface area contributed by atoms with E-state index in [1.807, 2.05) is 20.0 Å². The van der Waals surface area contributed by atoms with Crippen LogP contribution in [0.2, 0.25) is 0 Å². The fourth-order valence-electron chi connectivity index (χ4n) is 1.89. The summed E-state index contributed by atoms with van der Waals surface area (Å²) in [4.78, 5) is 9.01. The van der Waals surface area contributed by atoms with Gasteiger partial charge in [-0.2, -0.15) is 0 Å². The lowest BCUT2D eigenvalue weighted by Crippen LogP contribution is -1.99. The number of benzene rings is 1. The minimum Gasteiger partial charge on any atom is -0.373 e. The molecule has 0 aliphatic heterocycles. The summed E-state index contributed by atoms with van der Waals surface area (Å²) in [6.07, 6.45) is 0. The highest BCUT2D eigenvalue weighted by Gasteiger charge is 2.10. The molecular weight excluding hydrogens is 302 g/mol. The Labute approximate surface area is 122 Å². The summed E-state index contributed by atoms with van der Waals surface area (Å²) in [7, 11) is 1.86. The van der Waals surface area contributed by atoms with Gasteiger partial charge in [0.1, 0.15) is 5.82 Å². The molecule has 2 aromatic rings. The first kappa shape index (κ1) is 14.0. The van der Waals surface area contributed by atoms with Crippen molar-refractivity contribution in [2.75, 3.05) is 12.4 Å². The third-order valence-corrected chi connectivity index (χ3v) is 3.67. The minimum absolute atomic E-state index is 0.511. The molecular formula is C15H18BrN3. The predicted octanol–water partition coefficient (Wildman–Crippen LogP) is 4.38. The van der Waals surface area contributed by atoms with Gasteiger partial charge in [-0.1, -0.05) is 35.8 Å². The Morgan fingerprint density at radius 3 is 2.47 bits per heavy atom. The van der Waals surface area contributed by atoms with Gasteiger partial charge in [-0.3, -0.25) is 0 Å². The van der Waals surface area contributed by atoms with Gasteiger partial charge in [-0.25, -0.2) is 9.97 Å². The summed E-state index contributed by atoms with van der Waals surface area (Å²) < 4.78 is 1.03. The standard InChI is InChI=1S/C15H18BrN3/c1-9(2)11-5-6-12(13(16)8-11)15-18-10(3)7-14(17-4)19-15/h5-9H,1-4H3,(H,17,18,19). The first-order valence-electron chi connectivity index (χ1n) is 6.34. The van der Waals surface area contributed by atoms with E-state index in [9.17, 15) is 0 Å². The number of nitrogens with zero attached hydrogens (tertiary/aromatic N) is 2. The molecule has 0 bridgehead atoms. The number of rotatable bonds is 3. The van der Waals surface area contributed by atoms with Gasteiger partial charge >= 0.3 is 0 Å². The molecule has 1 N–H and O–H groups in total. The third kappa shape index (κ3) is 3.13. The van der Waals surface area contributed by atoms with Gasteiger partial charge in [0.25, 0.3) is 0 Å². The van der Waals surface area contributed by atoms with Crippen molar-refractivity contribution in [2.24, 2.45) is 0 Å². The molecule has 0 saturated heterocycles. The van der Waals surface area contributed by atoms with Crippen LogP contribution < -0.4 is 5.32 Å². The number of aryl methyl sites for hydroxylation is 1. The Hall–Kier alpha value is -1.42. The Balaban J connectivity index is 2.50. The zero-order valence-electron chi connectivity index (χ0n) is 11.7. The molecule has 0 amide bonds. The SMILES string of the molecule is CNc1cc(C)nc(-c2ccc(C(C)C)cc2Br)n1. The lowest BCUT2D eigenvalue weighted by atomic mass is 10.0. The maximum absolute atomic E-state index is 4.51. The molecule has 19 heavy (non-hydrogen) atoms. The van der Waals surface area contributed by atoms with Gasteiger partial charge < -0.3 is 5.32 Å². The first-order chi connectivity index (χ1) is 9.01. The van der Waals surface area contributed by atoms with Crippen LogP contribution >= 0.6 is 15.9 Å². The molecule has 0 saturated carbocycles. The Morgan fingerprint density at radius 2 is 1.89 bits per heavy atom. The lowest BCUT2D eigenvalue weighted by Gasteiger charge is -2.10. The highest BCUT2D eigenvalue weighted by molar-refractivity contribution is 9.10. The van der Waals surface area contributed by atoms with Crippen LogP contribution in [0.15, 0.2) is 28.7 Å². The monoisotopic (exact) mass is 319 g/mol. The van der Waals surface area contributed by atoms with Gasteiger partial charge in [-0.15, -0.1) is 0 Å². The van der Waals surface area contributed by atoms with E-state index in [4.69, 9.17) is 0 Å². The van der Waals surface area contributed by atoms with Crippen molar-refractivity contribution in [1.82, 2.24) is 9.97 Å². The fourth-order valence-corrected chi connectivity index (χ4v) is 2.46. The number of hydrogen-bond donors (Lipinski definition) is 1. The molecule has 1 heterocycles. The number of nitrogens with one attached hydrogen (secondary N) is 1. The molecule has 0 radical (unpaired) electrons. The molecule has 1 aromatic heterocycles. The van der Waals surface area contributed by atoms with E-state index < -0.39 is 0 Å². The second-order valence-corrected chi connectivity index (χ2v) is 5.72. The van der Waals surface area contributed by atoms with E-state index in [1.165, 1.54) is 5.56 Å². The topological polar surface area (TPSA) is 37.8 Å². The summed E-state index contributed by atoms with van der Waals surface area (Å²) in [6.45, 7) is 6.34. The molecule has 1 aromatic carbocycles. The van der Waals surface area contributed by atoms with Crippen LogP contribution in [-0.4, -0.2) is 17.0 Å². The van der Waals surface area contributed by atoms with Crippen LogP contribution in [0.25, 0.3) is 11.4 Å². The normalized spacial score (nSPS) is 10.8. The zero-order chi connectivity index (χ0) is 14.0. The highest BCUT2D eigenvalue weighted by Crippen LogP contribution is 2.29. The smallest absolute Gasteiger partial charge is 0.162 e. The second-order valence-electron chi connectivity index (χ2n) is 4.86. The van der Waals surface area contributed by atoms with Crippen molar-refractivity contribution >= 4 is 21.7 Å². The maximum Gasteiger partial charge on any atom is 0.162 e. The summed E-state index contributed by atoms with van der Waals surface area (Å²) in [5.74, 6) is 2.09. The van der Waals surface area contributed by atoms with Crippen LogP contribution in [0.3, 0.4) is 0 Å². The molecule has 0 unspecified atom stereocenters. The van der Waals surface area contributed by atoms with E-state index in [0.717, 1.165) is 27.4 Å². The molecule has 0 spiro atoms. The number of hydrogen-bond acceptors (Lipinski definition) is 3. The van der Waals surface area contributed by atoms with Crippen LogP contribution in [0.4, 0.5) is 5.82 Å². The molecule has 4 heteroatoms. The number of anilines is 1. The zero-order valence-corrected chi connectivity index (χ0v) is 13.2. The van der Waals surface area contributed by atoms with Crippen LogP contribution in [0, 0.1) is 6.92 Å². The number of aromatic nitrogens is 2. The molecule has 100 valence electrons. The van der Waals surface area contributed by atoms with Crippen LogP contribution in [0.5, 0.6) is 0 Å². The average molecular weight is 320 g/mol. The van der Waals surface area contributed by atoms with Crippen LogP contribution in [0.1, 0.15) is 31.0 Å². The Bertz CT molecular complexity index is 594. The largest absolute Gasteiger partial charge is 0.373 e. The number of halogens is 1. The Kier molecular flexibility index (Phi) is 4.20. The fraction of sp³-hybridized carbons (Fsp3) is 0.333. The second kappa shape index (κ2) is 5.70. The van der Waals surface area contributed by atoms with E-state index >= 15 is 0 Å². The van der Waals surface area contributed by atoms with Crippen molar-refractivity contribution < 1.29 is 0 Å². The molecule has 0 atom stereocenters. The molecule has 3 nitrogen and oxygen atoms in total. The summed E-state index contributed by atoms with van der Waals surface area (Å²) in [5, 5.41) is 3.06. The van der Waals surface area contributed by atoms with Gasteiger partial charge in [0.05, 0.1) is 0 Å². The van der Waals surface area contributed by atoms with Gasteiger partial charge in [-0.05, 0) is 30.5 Å². The molecule has 2 rings (SSSR count). The van der Waals surface area contributed by atoms with Crippen molar-refractivity contribution in [2.45, 2.75) is 26.7 Å². The van der Waals surface area contributed by atoms with Gasteiger partial charge in [0.15, 0.2) is 5.82 Å². The highest BCUT2D eigenvalue weighted by atomic mass is 79.9. The van der Waals surface area contributed by atoms with Gasteiger partial charge in [0, 0.05) is 28.8 Å². The lowest BCUT2D eigenvalue weighted by molar-refractivity contribution is 0.865. The third-order valence-electron chi connectivity index (χ3n) is 3.01. The minimum atomic E-state index is 0.511. The van der Waals surface area contributed by atoms with Crippen molar-refractivity contribution in [3.63, 3.8) is 0 Å². The van der Waals surface area contributed by atoms with E-state index in [0.29, 0.717) is 5.92 Å². The Morgan fingerprint density at radius 1 is 1.16 bits per heavy atom. The van der Waals surface area contributed by atoms with Crippen molar-refractivity contribution in [1.29, 1.82) is 0 Å². The summed E-state index contributed by atoms with van der Waals surface area (Å²) in [5.41, 5.74) is 3.27. The quantitative estimate of drug-likeness (QED) is 0.912. The van der Waals surface area contributed by atoms with E-state index in [2.05, 4.69) is 63.3 Å². The summed E-state index contributed by atoms with van der Waals surface area (Å²) in [6, 6.07) is 8.29. The van der Waals surface area contributed by atoms with E-state index in [-0.39, 0.29) is 0 Å². The first-order valence-corrected chi connectivity index (χ1v) is 7.14. The van der Waals surface area contributed by atoms with E-state index in [1.54, 1.807) is 0 Å².